The van der Waals surface area contributed by atoms with E-state index in [4.69, 9.17) is 4.99 Å². The summed E-state index contributed by atoms with van der Waals surface area (Å²) in [5, 5.41) is 9.19. The molecule has 176 valence electrons. The predicted molar refractivity (Wildman–Crippen MR) is 142 cm³/mol. The Kier molecular flexibility index (Phi) is 9.59. The molecule has 0 saturated carbocycles. The lowest BCUT2D eigenvalue weighted by atomic mass is 9.84. The Morgan fingerprint density at radius 2 is 1.82 bits per heavy atom. The van der Waals surface area contributed by atoms with Crippen molar-refractivity contribution in [2.24, 2.45) is 4.99 Å². The first-order valence-corrected chi connectivity index (χ1v) is 12.6. The van der Waals surface area contributed by atoms with Crippen LogP contribution in [-0.4, -0.2) is 18.0 Å². The standard InChI is InChI=1S/C31H36N2O/c1-4-5-6-7-8-9-24(3)31(34)30-21-29(27-16-12-25(22-32)13-17-27)20-28(18-19-33-30)26-14-10-23(2)11-15-26/h9-17,21,28H,4-8,18-20H2,1-3H3/b24-9-,29-21+,33-30+. The third kappa shape index (κ3) is 7.12. The molecule has 1 aliphatic heterocycles. The minimum Gasteiger partial charge on any atom is -0.287 e. The van der Waals surface area contributed by atoms with Crippen molar-refractivity contribution in [3.63, 3.8) is 0 Å². The van der Waals surface area contributed by atoms with Gasteiger partial charge < -0.3 is 0 Å². The van der Waals surface area contributed by atoms with Crippen LogP contribution in [0.4, 0.5) is 0 Å². The number of ketones is 1. The average molecular weight is 453 g/mol. The summed E-state index contributed by atoms with van der Waals surface area (Å²) in [6.07, 6.45) is 11.5. The van der Waals surface area contributed by atoms with Gasteiger partial charge in [-0.05, 0) is 85.9 Å². The fourth-order valence-electron chi connectivity index (χ4n) is 4.38. The molecular formula is C31H36N2O. The number of Topliss-reactive ketones (excluding diaryl/α,β-unsaturated/α-hetero) is 1. The SMILES string of the molecule is CCCCCC/C=C(/C)C(=O)C1=N/CCC(c2ccc(C)cc2)C/C(c2ccc(C#N)cc2)=C\1. The Morgan fingerprint density at radius 3 is 2.50 bits per heavy atom. The average Bonchev–Trinajstić information content (AvgIpc) is 2.84. The molecular weight excluding hydrogens is 416 g/mol. The largest absolute Gasteiger partial charge is 0.287 e. The van der Waals surface area contributed by atoms with Crippen molar-refractivity contribution in [1.82, 2.24) is 0 Å². The van der Waals surface area contributed by atoms with Gasteiger partial charge in [0, 0.05) is 6.54 Å². The van der Waals surface area contributed by atoms with Crippen molar-refractivity contribution in [2.75, 3.05) is 6.54 Å². The highest BCUT2D eigenvalue weighted by Crippen LogP contribution is 2.33. The van der Waals surface area contributed by atoms with Crippen LogP contribution < -0.4 is 0 Å². The molecule has 0 spiro atoms. The summed E-state index contributed by atoms with van der Waals surface area (Å²) < 4.78 is 0. The molecule has 1 unspecified atom stereocenters. The molecule has 1 heterocycles. The number of rotatable bonds is 9. The van der Waals surface area contributed by atoms with Gasteiger partial charge in [-0.3, -0.25) is 9.79 Å². The number of benzene rings is 2. The van der Waals surface area contributed by atoms with Crippen molar-refractivity contribution in [3.05, 3.63) is 88.5 Å². The summed E-state index contributed by atoms with van der Waals surface area (Å²) >= 11 is 0. The summed E-state index contributed by atoms with van der Waals surface area (Å²) in [7, 11) is 0. The Morgan fingerprint density at radius 1 is 1.09 bits per heavy atom. The molecule has 0 bridgehead atoms. The first-order valence-electron chi connectivity index (χ1n) is 12.6. The molecule has 0 radical (unpaired) electrons. The van der Waals surface area contributed by atoms with Crippen LogP contribution in [0.2, 0.25) is 0 Å². The van der Waals surface area contributed by atoms with Gasteiger partial charge in [0.1, 0.15) is 5.71 Å². The van der Waals surface area contributed by atoms with E-state index in [1.165, 1.54) is 30.4 Å². The maximum atomic E-state index is 13.3. The predicted octanol–water partition coefficient (Wildman–Crippen LogP) is 7.75. The summed E-state index contributed by atoms with van der Waals surface area (Å²) in [5.74, 6) is 0.355. The molecule has 0 amide bonds. The van der Waals surface area contributed by atoms with Gasteiger partial charge in [0.05, 0.1) is 11.6 Å². The maximum absolute atomic E-state index is 13.3. The molecule has 34 heavy (non-hydrogen) atoms. The van der Waals surface area contributed by atoms with E-state index in [-0.39, 0.29) is 5.78 Å². The Bertz CT molecular complexity index is 1100. The third-order valence-electron chi connectivity index (χ3n) is 6.57. The number of carbonyl (C=O) groups excluding carboxylic acids is 1. The molecule has 0 aliphatic carbocycles. The van der Waals surface area contributed by atoms with Crippen LogP contribution in [0.1, 0.15) is 87.0 Å². The van der Waals surface area contributed by atoms with Crippen LogP contribution in [0.3, 0.4) is 0 Å². The van der Waals surface area contributed by atoms with E-state index in [1.54, 1.807) is 0 Å². The summed E-state index contributed by atoms with van der Waals surface area (Å²) in [6.45, 7) is 6.86. The van der Waals surface area contributed by atoms with Crippen LogP contribution in [-0.2, 0) is 4.79 Å². The number of aryl methyl sites for hydroxylation is 1. The van der Waals surface area contributed by atoms with E-state index in [2.05, 4.69) is 50.3 Å². The van der Waals surface area contributed by atoms with Gasteiger partial charge >= 0.3 is 0 Å². The fraction of sp³-hybridized carbons (Fsp3) is 0.387. The Hall–Kier alpha value is -3.25. The number of nitrogens with zero attached hydrogens (tertiary/aromatic N) is 2. The van der Waals surface area contributed by atoms with Crippen LogP contribution in [0, 0.1) is 18.3 Å². The molecule has 2 aromatic rings. The first kappa shape index (κ1) is 25.4. The van der Waals surface area contributed by atoms with Crippen molar-refractivity contribution in [2.45, 2.75) is 71.6 Å². The second kappa shape index (κ2) is 12.8. The van der Waals surface area contributed by atoms with E-state index < -0.39 is 0 Å². The van der Waals surface area contributed by atoms with Gasteiger partial charge in [-0.25, -0.2) is 0 Å². The number of carbonyl (C=O) groups is 1. The topological polar surface area (TPSA) is 53.2 Å². The maximum Gasteiger partial charge on any atom is 0.206 e. The molecule has 0 aromatic heterocycles. The second-order valence-electron chi connectivity index (χ2n) is 9.29. The lowest BCUT2D eigenvalue weighted by Crippen LogP contribution is -2.17. The van der Waals surface area contributed by atoms with Gasteiger partial charge in [0.15, 0.2) is 0 Å². The highest BCUT2D eigenvalue weighted by molar-refractivity contribution is 6.50. The van der Waals surface area contributed by atoms with Crippen LogP contribution in [0.5, 0.6) is 0 Å². The zero-order chi connectivity index (χ0) is 24.3. The van der Waals surface area contributed by atoms with Crippen molar-refractivity contribution < 1.29 is 4.79 Å². The monoisotopic (exact) mass is 452 g/mol. The third-order valence-corrected chi connectivity index (χ3v) is 6.57. The van der Waals surface area contributed by atoms with E-state index in [1.807, 2.05) is 37.3 Å². The summed E-state index contributed by atoms with van der Waals surface area (Å²) in [5.41, 5.74) is 6.65. The minimum absolute atomic E-state index is 0.0235. The van der Waals surface area contributed by atoms with Gasteiger partial charge in [-0.1, -0.05) is 74.2 Å². The molecule has 0 saturated heterocycles. The lowest BCUT2D eigenvalue weighted by molar-refractivity contribution is -0.109. The number of hydrogen-bond donors (Lipinski definition) is 0. The molecule has 1 aliphatic rings. The number of allylic oxidation sites excluding steroid dienone is 4. The number of nitriles is 1. The van der Waals surface area contributed by atoms with Crippen LogP contribution in [0.25, 0.3) is 5.57 Å². The van der Waals surface area contributed by atoms with Crippen LogP contribution >= 0.6 is 0 Å². The quantitative estimate of drug-likeness (QED) is 0.288. The summed E-state index contributed by atoms with van der Waals surface area (Å²) in [6, 6.07) is 18.6. The highest BCUT2D eigenvalue weighted by atomic mass is 16.1. The molecule has 3 nitrogen and oxygen atoms in total. The Labute approximate surface area is 204 Å². The normalized spacial score (nSPS) is 19.7. The number of aliphatic imine (C=N–C) groups is 1. The lowest BCUT2D eigenvalue weighted by Gasteiger charge is -2.22. The van der Waals surface area contributed by atoms with Gasteiger partial charge in [0.2, 0.25) is 5.78 Å². The Balaban J connectivity index is 1.88. The zero-order valence-electron chi connectivity index (χ0n) is 20.8. The molecule has 3 rings (SSSR count). The molecule has 3 heteroatoms. The van der Waals surface area contributed by atoms with Crippen molar-refractivity contribution >= 4 is 17.1 Å². The van der Waals surface area contributed by atoms with Gasteiger partial charge in [-0.15, -0.1) is 0 Å². The molecule has 0 N–H and O–H groups in total. The first-order chi connectivity index (χ1) is 16.5. The molecule has 0 fully saturated rings. The number of unbranched alkanes of at least 4 members (excludes halogenated alkanes) is 4. The van der Waals surface area contributed by atoms with E-state index in [0.29, 0.717) is 23.7 Å². The van der Waals surface area contributed by atoms with Crippen molar-refractivity contribution in [3.8, 4) is 6.07 Å². The van der Waals surface area contributed by atoms with Gasteiger partial charge in [-0.2, -0.15) is 5.26 Å². The van der Waals surface area contributed by atoms with Crippen LogP contribution in [0.15, 0.2) is 71.2 Å². The van der Waals surface area contributed by atoms with Crippen molar-refractivity contribution in [1.29, 1.82) is 5.26 Å². The number of hydrogen-bond acceptors (Lipinski definition) is 3. The minimum atomic E-state index is 0.0235. The van der Waals surface area contributed by atoms with E-state index >= 15 is 0 Å². The van der Waals surface area contributed by atoms with E-state index in [9.17, 15) is 10.1 Å². The second-order valence-corrected chi connectivity index (χ2v) is 9.29. The highest BCUT2D eigenvalue weighted by Gasteiger charge is 2.20. The fourth-order valence-corrected chi connectivity index (χ4v) is 4.38. The molecule has 1 atom stereocenters. The zero-order valence-corrected chi connectivity index (χ0v) is 20.8. The van der Waals surface area contributed by atoms with Gasteiger partial charge in [0.25, 0.3) is 0 Å². The summed E-state index contributed by atoms with van der Waals surface area (Å²) in [4.78, 5) is 18.0. The molecule has 2 aromatic carbocycles. The van der Waals surface area contributed by atoms with E-state index in [0.717, 1.165) is 42.4 Å². The smallest absolute Gasteiger partial charge is 0.206 e.